The number of nitrogens with one attached hydrogen (secondary N) is 2. The van der Waals surface area contributed by atoms with E-state index >= 15 is 0 Å². The Balaban J connectivity index is 1.46. The van der Waals surface area contributed by atoms with Crippen LogP contribution >= 0.6 is 0 Å². The molecule has 0 bridgehead atoms. The first-order valence-corrected chi connectivity index (χ1v) is 17.9. The molecule has 5 N–H and O–H groups in total. The number of amides is 1. The van der Waals surface area contributed by atoms with E-state index in [0.717, 1.165) is 101 Å². The van der Waals surface area contributed by atoms with Crippen LogP contribution in [0.1, 0.15) is 109 Å². The summed E-state index contributed by atoms with van der Waals surface area (Å²) >= 11 is 0. The Kier molecular flexibility index (Phi) is 15.4. The number of sulfonamides is 1. The van der Waals surface area contributed by atoms with Gasteiger partial charge in [-0.25, -0.2) is 17.8 Å². The Morgan fingerprint density at radius 3 is 2.41 bits per heavy atom. The zero-order chi connectivity index (χ0) is 31.8. The first kappa shape index (κ1) is 35.7. The van der Waals surface area contributed by atoms with E-state index in [4.69, 9.17) is 15.6 Å². The highest BCUT2D eigenvalue weighted by Gasteiger charge is 2.26. The van der Waals surface area contributed by atoms with Crippen LogP contribution in [0.4, 0.5) is 5.82 Å². The quantitative estimate of drug-likeness (QED) is 0.139. The predicted octanol–water partition coefficient (Wildman–Crippen LogP) is 5.58. The Morgan fingerprint density at radius 1 is 1.02 bits per heavy atom. The van der Waals surface area contributed by atoms with Crippen molar-refractivity contribution in [3.05, 3.63) is 35.9 Å². The van der Waals surface area contributed by atoms with Crippen molar-refractivity contribution in [1.29, 1.82) is 0 Å². The second kappa shape index (κ2) is 18.9. The first-order chi connectivity index (χ1) is 21.3. The van der Waals surface area contributed by atoms with Gasteiger partial charge < -0.3 is 20.9 Å². The zero-order valence-corrected chi connectivity index (χ0v) is 27.4. The van der Waals surface area contributed by atoms with E-state index in [1.165, 1.54) is 0 Å². The number of ether oxygens (including phenoxy) is 1. The molecule has 1 amide bonds. The molecule has 0 radical (unpaired) electrons. The van der Waals surface area contributed by atoms with Gasteiger partial charge in [0, 0.05) is 43.9 Å². The second-order valence-electron chi connectivity index (χ2n) is 11.6. The highest BCUT2D eigenvalue weighted by molar-refractivity contribution is 7.89. The van der Waals surface area contributed by atoms with E-state index in [0.29, 0.717) is 18.1 Å². The van der Waals surface area contributed by atoms with Crippen LogP contribution in [0.5, 0.6) is 0 Å². The topological polar surface area (TPSA) is 149 Å². The molecule has 1 aliphatic carbocycles. The minimum Gasteiger partial charge on any atom is -0.393 e. The minimum atomic E-state index is -3.78. The Morgan fingerprint density at radius 2 is 1.70 bits per heavy atom. The average Bonchev–Trinajstić information content (AvgIpc) is 3.34. The minimum absolute atomic E-state index is 0.0247. The smallest absolute Gasteiger partial charge is 0.240 e. The van der Waals surface area contributed by atoms with Crippen LogP contribution in [0.3, 0.4) is 0 Å². The summed E-state index contributed by atoms with van der Waals surface area (Å²) < 4.78 is 35.8. The number of aliphatic hydroxyl groups is 1. The Labute approximate surface area is 263 Å². The van der Waals surface area contributed by atoms with Crippen molar-refractivity contribution < 1.29 is 23.1 Å². The lowest BCUT2D eigenvalue weighted by Gasteiger charge is -2.26. The number of nitrogens with zero attached hydrogens (tertiary/aromatic N) is 2. The van der Waals surface area contributed by atoms with E-state index in [9.17, 15) is 18.3 Å². The summed E-state index contributed by atoms with van der Waals surface area (Å²) in [5.74, 6) is 0.409. The van der Waals surface area contributed by atoms with Crippen LogP contribution in [-0.2, 0) is 19.6 Å². The molecule has 0 spiro atoms. The number of hydrogen-bond acceptors (Lipinski definition) is 7. The van der Waals surface area contributed by atoms with Crippen molar-refractivity contribution in [2.45, 2.75) is 114 Å². The lowest BCUT2D eigenvalue weighted by Crippen LogP contribution is -2.31. The average molecular weight is 632 g/mol. The fraction of sp³-hybridized carbons (Fsp3) is 0.636. The van der Waals surface area contributed by atoms with Crippen LogP contribution in [0.25, 0.3) is 17.3 Å². The highest BCUT2D eigenvalue weighted by Crippen LogP contribution is 2.36. The number of aromatic nitrogens is 2. The Hall–Kier alpha value is -2.73. The van der Waals surface area contributed by atoms with Gasteiger partial charge in [-0.1, -0.05) is 63.8 Å². The van der Waals surface area contributed by atoms with Crippen molar-refractivity contribution in [2.75, 3.05) is 32.0 Å². The molecule has 10 nitrogen and oxygen atoms in total. The number of hydrogen-bond donors (Lipinski definition) is 4. The third kappa shape index (κ3) is 11.3. The summed E-state index contributed by atoms with van der Waals surface area (Å²) in [6.07, 6.45) is 15.2. The van der Waals surface area contributed by atoms with Gasteiger partial charge in [-0.05, 0) is 63.5 Å². The molecule has 0 atom stereocenters. The van der Waals surface area contributed by atoms with Gasteiger partial charge in [-0.15, -0.1) is 0 Å². The highest BCUT2D eigenvalue weighted by atomic mass is 32.2. The van der Waals surface area contributed by atoms with Crippen molar-refractivity contribution in [2.24, 2.45) is 0 Å². The number of benzene rings is 1. The molecule has 1 aromatic heterocycles. The summed E-state index contributed by atoms with van der Waals surface area (Å²) in [6, 6.07) is 6.69. The molecule has 1 aromatic carbocycles. The maximum absolute atomic E-state index is 12.9. The largest absolute Gasteiger partial charge is 0.393 e. The number of nitrogen functional groups attached to an aromatic ring is 1. The number of rotatable bonds is 20. The number of nitrogens with two attached hydrogens (primary N) is 1. The fourth-order valence-corrected chi connectivity index (χ4v) is 6.38. The van der Waals surface area contributed by atoms with Gasteiger partial charge in [0.15, 0.2) is 0 Å². The van der Waals surface area contributed by atoms with Crippen molar-refractivity contribution in [1.82, 2.24) is 19.8 Å². The van der Waals surface area contributed by atoms with Crippen LogP contribution < -0.4 is 15.8 Å². The molecular weight excluding hydrogens is 578 g/mol. The molecule has 2 aromatic rings. The number of allylic oxidation sites excluding steroid dienone is 1. The molecule has 1 aliphatic rings. The van der Waals surface area contributed by atoms with E-state index in [-0.39, 0.29) is 35.9 Å². The van der Waals surface area contributed by atoms with Gasteiger partial charge in [0.25, 0.3) is 0 Å². The van der Waals surface area contributed by atoms with Crippen molar-refractivity contribution in [3.8, 4) is 11.3 Å². The summed E-state index contributed by atoms with van der Waals surface area (Å²) in [4.78, 5) is 12.3. The van der Waals surface area contributed by atoms with Gasteiger partial charge in [0.2, 0.25) is 15.9 Å². The van der Waals surface area contributed by atoms with Crippen molar-refractivity contribution in [3.63, 3.8) is 0 Å². The summed E-state index contributed by atoms with van der Waals surface area (Å²) in [5, 5.41) is 17.6. The lowest BCUT2D eigenvalue weighted by molar-refractivity contribution is -0.120. The van der Waals surface area contributed by atoms with Gasteiger partial charge in [0.1, 0.15) is 11.5 Å². The third-order valence-corrected chi connectivity index (χ3v) is 9.51. The predicted molar refractivity (Wildman–Crippen MR) is 177 cm³/mol. The number of carbonyl (C=O) groups is 1. The molecule has 11 heteroatoms. The number of unbranched alkanes of at least 4 members (excludes halogenated alkanes) is 5. The molecule has 1 saturated carbocycles. The molecule has 1 fully saturated rings. The number of aliphatic hydroxyl groups excluding tert-OH is 1. The Bertz CT molecular complexity index is 1270. The van der Waals surface area contributed by atoms with Crippen LogP contribution in [-0.4, -0.2) is 61.6 Å². The van der Waals surface area contributed by atoms with Gasteiger partial charge in [-0.2, -0.15) is 5.10 Å². The van der Waals surface area contributed by atoms with Crippen LogP contribution in [0.15, 0.2) is 35.2 Å². The molecule has 3 rings (SSSR count). The SMILES string of the molecule is CC/C=C\c1c(-c2ccc(S(=O)(=O)NCCC(=O)NCCCCCCCOCCCC)cc2)nn(C2CCC(O)CC2)c1N. The maximum atomic E-state index is 12.9. The maximum Gasteiger partial charge on any atom is 0.240 e. The lowest BCUT2D eigenvalue weighted by atomic mass is 9.93. The third-order valence-electron chi connectivity index (χ3n) is 8.03. The van der Waals surface area contributed by atoms with E-state index in [2.05, 4.69) is 17.0 Å². The standard InChI is InChI=1S/C33H53N5O5S/c1-3-5-12-30-32(37-38(33(30)34)27-15-17-28(39)18-16-27)26-13-19-29(20-14-26)44(41,42)36-23-21-31(40)35-22-10-8-7-9-11-25-43-24-6-4-2/h5,12-14,19-20,27-28,36,39H,3-4,6-11,15-18,21-25,34H2,1-2H3,(H,35,40)/b12-5-. The summed E-state index contributed by atoms with van der Waals surface area (Å²) in [7, 11) is -3.78. The first-order valence-electron chi connectivity index (χ1n) is 16.4. The van der Waals surface area contributed by atoms with Crippen molar-refractivity contribution >= 4 is 27.8 Å². The molecule has 1 heterocycles. The number of carbonyl (C=O) groups excluding carboxylic acids is 1. The second-order valence-corrected chi connectivity index (χ2v) is 13.4. The van der Waals surface area contributed by atoms with E-state index in [1.54, 1.807) is 24.3 Å². The number of anilines is 1. The van der Waals surface area contributed by atoms with E-state index in [1.807, 2.05) is 23.8 Å². The molecule has 0 aliphatic heterocycles. The van der Waals surface area contributed by atoms with Crippen LogP contribution in [0, 0.1) is 0 Å². The normalized spacial score (nSPS) is 17.3. The zero-order valence-electron chi connectivity index (χ0n) is 26.6. The fourth-order valence-electron chi connectivity index (χ4n) is 5.35. The molecule has 0 saturated heterocycles. The molecular formula is C33H53N5O5S. The van der Waals surface area contributed by atoms with E-state index < -0.39 is 10.0 Å². The van der Waals surface area contributed by atoms with Crippen LogP contribution in [0.2, 0.25) is 0 Å². The molecule has 0 unspecified atom stereocenters. The molecule has 44 heavy (non-hydrogen) atoms. The monoisotopic (exact) mass is 631 g/mol. The van der Waals surface area contributed by atoms with Gasteiger partial charge >= 0.3 is 0 Å². The summed E-state index contributed by atoms with van der Waals surface area (Å²) in [6.45, 7) is 6.49. The van der Waals surface area contributed by atoms with Gasteiger partial charge in [-0.3, -0.25) is 4.79 Å². The summed E-state index contributed by atoms with van der Waals surface area (Å²) in [5.41, 5.74) is 8.82. The van der Waals surface area contributed by atoms with Gasteiger partial charge in [0.05, 0.1) is 17.0 Å². The molecule has 246 valence electrons.